The molecular formula is C13H11BrN2S. The zero-order valence-electron chi connectivity index (χ0n) is 9.33. The molecule has 2 rings (SSSR count). The zero-order chi connectivity index (χ0) is 12.3. The number of nitrogens with zero attached hydrogens (tertiary/aromatic N) is 1. The topological polar surface area (TPSA) is 35.8 Å². The highest BCUT2D eigenvalue weighted by molar-refractivity contribution is 9.10. The summed E-state index contributed by atoms with van der Waals surface area (Å²) in [6, 6.07) is 10.2. The molecule has 0 spiro atoms. The number of nitrogens with one attached hydrogen (secondary N) is 1. The van der Waals surface area contributed by atoms with Crippen molar-refractivity contribution in [1.82, 2.24) is 0 Å². The summed E-state index contributed by atoms with van der Waals surface area (Å²) in [5.41, 5.74) is 3.06. The summed E-state index contributed by atoms with van der Waals surface area (Å²) in [5, 5.41) is 14.0. The molecule has 0 aliphatic carbocycles. The Labute approximate surface area is 113 Å². The van der Waals surface area contributed by atoms with Crippen molar-refractivity contribution in [2.24, 2.45) is 0 Å². The summed E-state index contributed by atoms with van der Waals surface area (Å²) in [5.74, 6) is 0. The van der Waals surface area contributed by atoms with Gasteiger partial charge in [-0.25, -0.2) is 0 Å². The minimum atomic E-state index is 0.734. The molecule has 0 saturated heterocycles. The van der Waals surface area contributed by atoms with E-state index < -0.39 is 0 Å². The molecule has 86 valence electrons. The van der Waals surface area contributed by atoms with Crippen LogP contribution in [-0.2, 0) is 6.54 Å². The van der Waals surface area contributed by atoms with Gasteiger partial charge in [-0.3, -0.25) is 0 Å². The van der Waals surface area contributed by atoms with Crippen molar-refractivity contribution in [3.63, 3.8) is 0 Å². The van der Waals surface area contributed by atoms with Gasteiger partial charge < -0.3 is 5.32 Å². The molecule has 0 radical (unpaired) electrons. The third-order valence-corrected chi connectivity index (χ3v) is 3.87. The third-order valence-electron chi connectivity index (χ3n) is 2.44. The van der Waals surface area contributed by atoms with E-state index in [4.69, 9.17) is 5.26 Å². The van der Waals surface area contributed by atoms with Crippen LogP contribution in [0.2, 0.25) is 0 Å². The molecule has 17 heavy (non-hydrogen) atoms. The normalized spacial score (nSPS) is 9.94. The number of halogens is 1. The fourth-order valence-electron chi connectivity index (χ4n) is 1.50. The van der Waals surface area contributed by atoms with Crippen LogP contribution in [-0.4, -0.2) is 0 Å². The summed E-state index contributed by atoms with van der Waals surface area (Å²) in [4.78, 5) is 1.17. The maximum Gasteiger partial charge on any atom is 0.100 e. The number of aryl methyl sites for hydroxylation is 1. The standard InChI is InChI=1S/C13H11BrN2S/c1-9-2-3-11(14)5-13(9)16-7-12-4-10(6-15)8-17-12/h2-5,8,16H,7H2,1H3. The first-order valence-corrected chi connectivity index (χ1v) is 6.84. The molecule has 1 aromatic carbocycles. The Morgan fingerprint density at radius 1 is 1.41 bits per heavy atom. The molecule has 1 N–H and O–H groups in total. The van der Waals surface area contributed by atoms with Gasteiger partial charge in [-0.15, -0.1) is 11.3 Å². The van der Waals surface area contributed by atoms with Crippen molar-refractivity contribution in [3.8, 4) is 6.07 Å². The van der Waals surface area contributed by atoms with Crippen LogP contribution in [0.1, 0.15) is 16.0 Å². The lowest BCUT2D eigenvalue weighted by Crippen LogP contribution is -1.99. The van der Waals surface area contributed by atoms with E-state index in [1.165, 1.54) is 10.4 Å². The SMILES string of the molecule is Cc1ccc(Br)cc1NCc1cc(C#N)cs1. The molecule has 1 heterocycles. The number of hydrogen-bond donors (Lipinski definition) is 1. The van der Waals surface area contributed by atoms with Crippen LogP contribution in [0.15, 0.2) is 34.1 Å². The summed E-state index contributed by atoms with van der Waals surface area (Å²) < 4.78 is 1.06. The number of anilines is 1. The van der Waals surface area contributed by atoms with Gasteiger partial charge in [0.25, 0.3) is 0 Å². The quantitative estimate of drug-likeness (QED) is 0.917. The van der Waals surface area contributed by atoms with Gasteiger partial charge >= 0.3 is 0 Å². The van der Waals surface area contributed by atoms with Crippen LogP contribution in [0.5, 0.6) is 0 Å². The Hall–Kier alpha value is -1.31. The van der Waals surface area contributed by atoms with E-state index >= 15 is 0 Å². The molecular weight excluding hydrogens is 296 g/mol. The lowest BCUT2D eigenvalue weighted by Gasteiger charge is -2.08. The first kappa shape index (κ1) is 12.2. The van der Waals surface area contributed by atoms with Crippen LogP contribution in [0, 0.1) is 18.3 Å². The fraction of sp³-hybridized carbons (Fsp3) is 0.154. The Bertz CT molecular complexity index is 569. The van der Waals surface area contributed by atoms with Gasteiger partial charge in [0.15, 0.2) is 0 Å². The molecule has 4 heteroatoms. The Balaban J connectivity index is 2.07. The Morgan fingerprint density at radius 2 is 2.24 bits per heavy atom. The van der Waals surface area contributed by atoms with E-state index in [1.807, 2.05) is 17.5 Å². The highest BCUT2D eigenvalue weighted by atomic mass is 79.9. The molecule has 0 amide bonds. The summed E-state index contributed by atoms with van der Waals surface area (Å²) in [6.45, 7) is 2.83. The maximum atomic E-state index is 8.75. The van der Waals surface area contributed by atoms with Crippen molar-refractivity contribution in [3.05, 3.63) is 50.1 Å². The molecule has 0 aliphatic heterocycles. The van der Waals surface area contributed by atoms with Gasteiger partial charge in [0.2, 0.25) is 0 Å². The lowest BCUT2D eigenvalue weighted by atomic mass is 10.2. The van der Waals surface area contributed by atoms with E-state index in [9.17, 15) is 0 Å². The third kappa shape index (κ3) is 3.09. The first-order valence-electron chi connectivity index (χ1n) is 5.16. The van der Waals surface area contributed by atoms with Gasteiger partial charge in [0.05, 0.1) is 5.56 Å². The first-order chi connectivity index (χ1) is 8.19. The second-order valence-corrected chi connectivity index (χ2v) is 5.64. The average molecular weight is 307 g/mol. The molecule has 0 fully saturated rings. The largest absolute Gasteiger partial charge is 0.380 e. The van der Waals surface area contributed by atoms with Crippen molar-refractivity contribution < 1.29 is 0 Å². The zero-order valence-corrected chi connectivity index (χ0v) is 11.7. The molecule has 0 aliphatic rings. The van der Waals surface area contributed by atoms with Gasteiger partial charge in [0, 0.05) is 27.0 Å². The fourth-order valence-corrected chi connectivity index (χ4v) is 2.61. The number of rotatable bonds is 3. The number of thiophene rings is 1. The minimum absolute atomic E-state index is 0.734. The van der Waals surface area contributed by atoms with Gasteiger partial charge in [-0.2, -0.15) is 5.26 Å². The molecule has 0 unspecified atom stereocenters. The second kappa shape index (κ2) is 5.35. The maximum absolute atomic E-state index is 8.75. The number of nitriles is 1. The predicted octanol–water partition coefficient (Wildman–Crippen LogP) is 4.30. The second-order valence-electron chi connectivity index (χ2n) is 3.73. The van der Waals surface area contributed by atoms with E-state index in [2.05, 4.69) is 46.4 Å². The van der Waals surface area contributed by atoms with Crippen LogP contribution in [0.25, 0.3) is 0 Å². The molecule has 1 aromatic heterocycles. The molecule has 0 bridgehead atoms. The predicted molar refractivity (Wildman–Crippen MR) is 75.2 cm³/mol. The van der Waals surface area contributed by atoms with E-state index in [-0.39, 0.29) is 0 Å². The summed E-state index contributed by atoms with van der Waals surface area (Å²) in [7, 11) is 0. The summed E-state index contributed by atoms with van der Waals surface area (Å²) in [6.07, 6.45) is 0. The van der Waals surface area contributed by atoms with E-state index in [0.29, 0.717) is 0 Å². The van der Waals surface area contributed by atoms with Crippen LogP contribution < -0.4 is 5.32 Å². The van der Waals surface area contributed by atoms with Gasteiger partial charge in [-0.05, 0) is 30.7 Å². The number of hydrogen-bond acceptors (Lipinski definition) is 3. The molecule has 0 atom stereocenters. The molecule has 0 saturated carbocycles. The average Bonchev–Trinajstić information content (AvgIpc) is 2.78. The van der Waals surface area contributed by atoms with Crippen molar-refractivity contribution in [2.45, 2.75) is 13.5 Å². The Morgan fingerprint density at radius 3 is 2.94 bits per heavy atom. The van der Waals surface area contributed by atoms with E-state index in [0.717, 1.165) is 22.3 Å². The minimum Gasteiger partial charge on any atom is -0.380 e. The molecule has 2 nitrogen and oxygen atoms in total. The van der Waals surface area contributed by atoms with Crippen LogP contribution in [0.4, 0.5) is 5.69 Å². The monoisotopic (exact) mass is 306 g/mol. The van der Waals surface area contributed by atoms with Crippen molar-refractivity contribution in [2.75, 3.05) is 5.32 Å². The molecule has 2 aromatic rings. The lowest BCUT2D eigenvalue weighted by molar-refractivity contribution is 1.18. The number of benzene rings is 1. The van der Waals surface area contributed by atoms with Gasteiger partial charge in [0.1, 0.15) is 6.07 Å². The van der Waals surface area contributed by atoms with Gasteiger partial charge in [-0.1, -0.05) is 22.0 Å². The summed E-state index contributed by atoms with van der Waals surface area (Å²) >= 11 is 5.06. The van der Waals surface area contributed by atoms with Crippen molar-refractivity contribution >= 4 is 33.0 Å². The highest BCUT2D eigenvalue weighted by Gasteiger charge is 2.01. The van der Waals surface area contributed by atoms with Crippen LogP contribution in [0.3, 0.4) is 0 Å². The highest BCUT2D eigenvalue weighted by Crippen LogP contribution is 2.22. The van der Waals surface area contributed by atoms with E-state index in [1.54, 1.807) is 11.3 Å². The Kier molecular flexibility index (Phi) is 3.82. The van der Waals surface area contributed by atoms with Crippen LogP contribution >= 0.6 is 27.3 Å². The van der Waals surface area contributed by atoms with Crippen molar-refractivity contribution in [1.29, 1.82) is 5.26 Å². The smallest absolute Gasteiger partial charge is 0.100 e.